The van der Waals surface area contributed by atoms with E-state index in [9.17, 15) is 14.7 Å². The van der Waals surface area contributed by atoms with Crippen LogP contribution in [0.2, 0.25) is 0 Å². The molecule has 2 N–H and O–H groups in total. The fourth-order valence-electron chi connectivity index (χ4n) is 4.20. The molecule has 1 aliphatic carbocycles. The van der Waals surface area contributed by atoms with Gasteiger partial charge in [-0.15, -0.1) is 0 Å². The number of amides is 2. The highest BCUT2D eigenvalue weighted by Gasteiger charge is 2.38. The fraction of sp³-hybridized carbons (Fsp3) is 0.600. The molecule has 0 spiro atoms. The largest absolute Gasteiger partial charge is 0.395 e. The molecule has 1 aliphatic heterocycles. The van der Waals surface area contributed by atoms with Crippen LogP contribution in [0.1, 0.15) is 30.9 Å². The van der Waals surface area contributed by atoms with Gasteiger partial charge in [0.2, 0.25) is 11.8 Å². The molecule has 26 heavy (non-hydrogen) atoms. The van der Waals surface area contributed by atoms with Gasteiger partial charge in [0.25, 0.3) is 0 Å². The van der Waals surface area contributed by atoms with Gasteiger partial charge in [-0.1, -0.05) is 31.2 Å². The minimum atomic E-state index is -0.423. The van der Waals surface area contributed by atoms with E-state index in [-0.39, 0.29) is 30.9 Å². The molecule has 2 aliphatic rings. The van der Waals surface area contributed by atoms with Crippen molar-refractivity contribution in [1.29, 1.82) is 0 Å². The predicted octanol–water partition coefficient (Wildman–Crippen LogP) is 0.575. The lowest BCUT2D eigenvalue weighted by molar-refractivity contribution is -0.140. The molecule has 0 saturated carbocycles. The summed E-state index contributed by atoms with van der Waals surface area (Å²) >= 11 is 0. The lowest BCUT2D eigenvalue weighted by atomic mass is 10.0. The Balaban J connectivity index is 1.71. The zero-order valence-corrected chi connectivity index (χ0v) is 15.5. The second kappa shape index (κ2) is 8.64. The number of hydrogen-bond acceptors (Lipinski definition) is 4. The zero-order valence-electron chi connectivity index (χ0n) is 15.5. The molecule has 3 rings (SSSR count). The zero-order chi connectivity index (χ0) is 18.5. The maximum atomic E-state index is 12.7. The molecule has 0 bridgehead atoms. The highest BCUT2D eigenvalue weighted by molar-refractivity contribution is 5.89. The van der Waals surface area contributed by atoms with Gasteiger partial charge in [-0.2, -0.15) is 0 Å². The Kier molecular flexibility index (Phi) is 6.27. The van der Waals surface area contributed by atoms with Crippen LogP contribution in [0.5, 0.6) is 0 Å². The van der Waals surface area contributed by atoms with Gasteiger partial charge in [0.05, 0.1) is 19.1 Å². The monoisotopic (exact) mass is 359 g/mol. The Morgan fingerprint density at radius 2 is 1.96 bits per heavy atom. The maximum Gasteiger partial charge on any atom is 0.237 e. The molecular weight excluding hydrogens is 330 g/mol. The lowest BCUT2D eigenvalue weighted by Crippen LogP contribution is -2.60. The average molecular weight is 359 g/mol. The van der Waals surface area contributed by atoms with Crippen molar-refractivity contribution < 1.29 is 14.7 Å². The van der Waals surface area contributed by atoms with Crippen molar-refractivity contribution in [2.45, 2.75) is 44.7 Å². The van der Waals surface area contributed by atoms with Crippen molar-refractivity contribution in [2.75, 3.05) is 32.8 Å². The van der Waals surface area contributed by atoms with Crippen LogP contribution < -0.4 is 5.32 Å². The van der Waals surface area contributed by atoms with E-state index in [2.05, 4.69) is 34.5 Å². The molecule has 1 aromatic rings. The molecule has 6 heteroatoms. The number of piperazine rings is 1. The fourth-order valence-corrected chi connectivity index (χ4v) is 4.20. The number of aliphatic hydroxyl groups excluding tert-OH is 1. The number of nitrogens with one attached hydrogen (secondary N) is 1. The van der Waals surface area contributed by atoms with Crippen molar-refractivity contribution in [1.82, 2.24) is 15.1 Å². The molecule has 0 radical (unpaired) electrons. The van der Waals surface area contributed by atoms with Crippen molar-refractivity contribution in [3.05, 3.63) is 35.4 Å². The third-order valence-corrected chi connectivity index (χ3v) is 5.45. The van der Waals surface area contributed by atoms with Gasteiger partial charge in [0.15, 0.2) is 0 Å². The first-order valence-electron chi connectivity index (χ1n) is 9.63. The highest BCUT2D eigenvalue weighted by Crippen LogP contribution is 2.28. The Morgan fingerprint density at radius 3 is 2.58 bits per heavy atom. The standard InChI is InChI=1S/C20H29N3O3/c1-2-8-22(10-11-24)19(25)14-18-20(26)21-7-9-23(18)17-12-15-5-3-4-6-16(15)13-17/h3-6,17-18,24H,2,7-14H2,1H3,(H,21,26)/t18-/m0/s1. The third kappa shape index (κ3) is 4.07. The highest BCUT2D eigenvalue weighted by atomic mass is 16.3. The Bertz CT molecular complexity index is 618. The summed E-state index contributed by atoms with van der Waals surface area (Å²) in [5.41, 5.74) is 2.70. The first kappa shape index (κ1) is 18.9. The van der Waals surface area contributed by atoms with Crippen LogP contribution in [-0.4, -0.2) is 71.6 Å². The number of aliphatic hydroxyl groups is 1. The quantitative estimate of drug-likeness (QED) is 0.747. The Hall–Kier alpha value is -1.92. The summed E-state index contributed by atoms with van der Waals surface area (Å²) in [7, 11) is 0. The number of hydrogen-bond donors (Lipinski definition) is 2. The molecule has 1 fully saturated rings. The second-order valence-corrected chi connectivity index (χ2v) is 7.18. The van der Waals surface area contributed by atoms with Gasteiger partial charge in [0, 0.05) is 32.2 Å². The molecule has 0 aromatic heterocycles. The molecule has 1 saturated heterocycles. The van der Waals surface area contributed by atoms with E-state index in [4.69, 9.17) is 0 Å². The molecule has 1 aromatic carbocycles. The van der Waals surface area contributed by atoms with Crippen LogP contribution in [-0.2, 0) is 22.4 Å². The van der Waals surface area contributed by atoms with E-state index < -0.39 is 6.04 Å². The maximum absolute atomic E-state index is 12.7. The second-order valence-electron chi connectivity index (χ2n) is 7.18. The number of fused-ring (bicyclic) bond motifs is 1. The molecule has 0 unspecified atom stereocenters. The van der Waals surface area contributed by atoms with Gasteiger partial charge < -0.3 is 15.3 Å². The minimum Gasteiger partial charge on any atom is -0.395 e. The van der Waals surface area contributed by atoms with E-state index in [0.29, 0.717) is 19.6 Å². The topological polar surface area (TPSA) is 72.9 Å². The van der Waals surface area contributed by atoms with E-state index in [1.807, 2.05) is 6.92 Å². The summed E-state index contributed by atoms with van der Waals surface area (Å²) in [6.45, 7) is 4.30. The summed E-state index contributed by atoms with van der Waals surface area (Å²) in [6.07, 6.45) is 2.88. The molecule has 1 atom stereocenters. The summed E-state index contributed by atoms with van der Waals surface area (Å²) in [5.74, 6) is -0.107. The summed E-state index contributed by atoms with van der Waals surface area (Å²) in [6, 6.07) is 8.28. The first-order chi connectivity index (χ1) is 12.6. The van der Waals surface area contributed by atoms with Crippen LogP contribution in [0.4, 0.5) is 0 Å². The molecule has 142 valence electrons. The van der Waals surface area contributed by atoms with Gasteiger partial charge in [-0.05, 0) is 30.4 Å². The van der Waals surface area contributed by atoms with Crippen LogP contribution in [0.15, 0.2) is 24.3 Å². The van der Waals surface area contributed by atoms with Gasteiger partial charge >= 0.3 is 0 Å². The van der Waals surface area contributed by atoms with Crippen LogP contribution >= 0.6 is 0 Å². The normalized spacial score (nSPS) is 20.7. The summed E-state index contributed by atoms with van der Waals surface area (Å²) < 4.78 is 0. The third-order valence-electron chi connectivity index (χ3n) is 5.45. The van der Waals surface area contributed by atoms with E-state index >= 15 is 0 Å². The van der Waals surface area contributed by atoms with Crippen LogP contribution in [0.25, 0.3) is 0 Å². The number of rotatable bonds is 7. The van der Waals surface area contributed by atoms with Crippen LogP contribution in [0, 0.1) is 0 Å². The number of carbonyl (C=O) groups is 2. The van der Waals surface area contributed by atoms with Crippen LogP contribution in [0.3, 0.4) is 0 Å². The van der Waals surface area contributed by atoms with E-state index in [0.717, 1.165) is 25.8 Å². The van der Waals surface area contributed by atoms with Crippen molar-refractivity contribution in [2.24, 2.45) is 0 Å². The smallest absolute Gasteiger partial charge is 0.237 e. The number of benzene rings is 1. The van der Waals surface area contributed by atoms with Crippen molar-refractivity contribution in [3.63, 3.8) is 0 Å². The van der Waals surface area contributed by atoms with Gasteiger partial charge in [-0.3, -0.25) is 14.5 Å². The lowest BCUT2D eigenvalue weighted by Gasteiger charge is -2.39. The summed E-state index contributed by atoms with van der Waals surface area (Å²) in [5, 5.41) is 12.1. The van der Waals surface area contributed by atoms with Crippen molar-refractivity contribution in [3.8, 4) is 0 Å². The van der Waals surface area contributed by atoms with E-state index in [1.165, 1.54) is 11.1 Å². The number of carbonyl (C=O) groups excluding carboxylic acids is 2. The van der Waals surface area contributed by atoms with Gasteiger partial charge in [-0.25, -0.2) is 0 Å². The minimum absolute atomic E-state index is 0.0513. The van der Waals surface area contributed by atoms with Crippen molar-refractivity contribution >= 4 is 11.8 Å². The Morgan fingerprint density at radius 1 is 1.27 bits per heavy atom. The molecule has 2 amide bonds. The number of nitrogens with zero attached hydrogens (tertiary/aromatic N) is 2. The molecular formula is C20H29N3O3. The molecule has 1 heterocycles. The Labute approximate surface area is 155 Å². The van der Waals surface area contributed by atoms with Gasteiger partial charge in [0.1, 0.15) is 0 Å². The van der Waals surface area contributed by atoms with E-state index in [1.54, 1.807) is 4.90 Å². The first-order valence-corrected chi connectivity index (χ1v) is 9.63. The SMILES string of the molecule is CCCN(CCO)C(=O)C[C@H]1C(=O)NCCN1C1Cc2ccccc2C1. The predicted molar refractivity (Wildman–Crippen MR) is 99.7 cm³/mol. The summed E-state index contributed by atoms with van der Waals surface area (Å²) in [4.78, 5) is 29.2. The average Bonchev–Trinajstić information content (AvgIpc) is 3.07. The molecule has 6 nitrogen and oxygen atoms in total.